The van der Waals surface area contributed by atoms with Crippen LogP contribution >= 0.6 is 35.3 Å². The predicted octanol–water partition coefficient (Wildman–Crippen LogP) is 9.63. The number of aromatic nitrogens is 1. The third-order valence-corrected chi connectivity index (χ3v) is 7.98. The smallest absolute Gasteiger partial charge is 0.0653 e. The lowest BCUT2D eigenvalue weighted by Gasteiger charge is -2.00. The maximum atomic E-state index is 3.74. The van der Waals surface area contributed by atoms with Gasteiger partial charge in [-0.05, 0) is 24.5 Å². The number of nitrogens with one attached hydrogen (secondary N) is 1. The molecule has 0 spiro atoms. The normalized spacial score (nSPS) is 11.2. The Kier molecular flexibility index (Phi) is 5.39. The van der Waals surface area contributed by atoms with Gasteiger partial charge in [-0.3, -0.25) is 0 Å². The quantitative estimate of drug-likeness (QED) is 0.211. The summed E-state index contributed by atoms with van der Waals surface area (Å²) in [5, 5.41) is 8.24. The number of aromatic amines is 1. The van der Waals surface area contributed by atoms with Crippen molar-refractivity contribution >= 4 is 97.5 Å². The molecule has 0 aliphatic rings. The Hall–Kier alpha value is -2.53. The average molecular weight is 458 g/mol. The number of hydrogen-bond donors (Lipinski definition) is 2. The van der Waals surface area contributed by atoms with Crippen molar-refractivity contribution < 1.29 is 0 Å². The minimum Gasteiger partial charge on any atom is -0.353 e. The Labute approximate surface area is 194 Å². The van der Waals surface area contributed by atoms with E-state index in [0.717, 1.165) is 0 Å². The van der Waals surface area contributed by atoms with Crippen LogP contribution in [0.25, 0.3) is 62.2 Å². The molecular formula is C27H23NS3. The second-order valence-electron chi connectivity index (χ2n) is 7.03. The van der Waals surface area contributed by atoms with E-state index in [1.165, 1.54) is 62.2 Å². The molecule has 0 saturated heterocycles. The van der Waals surface area contributed by atoms with Crippen molar-refractivity contribution in [3.63, 3.8) is 0 Å². The van der Waals surface area contributed by atoms with E-state index in [1.54, 1.807) is 6.26 Å². The van der Waals surface area contributed by atoms with Crippen molar-refractivity contribution in [1.29, 1.82) is 0 Å². The Morgan fingerprint density at radius 1 is 0.581 bits per heavy atom. The number of H-pyrrole nitrogens is 1. The number of hydrogen-bond acceptors (Lipinski definition) is 3. The van der Waals surface area contributed by atoms with Gasteiger partial charge in [0.15, 0.2) is 0 Å². The highest BCUT2D eigenvalue weighted by atomic mass is 32.1. The van der Waals surface area contributed by atoms with Crippen molar-refractivity contribution in [2.75, 3.05) is 6.26 Å². The van der Waals surface area contributed by atoms with Gasteiger partial charge in [0.25, 0.3) is 0 Å². The molecule has 0 atom stereocenters. The molecule has 4 aromatic carbocycles. The van der Waals surface area contributed by atoms with E-state index in [-0.39, 0.29) is 0 Å². The molecule has 31 heavy (non-hydrogen) atoms. The molecule has 1 nitrogen and oxygen atoms in total. The molecule has 0 bridgehead atoms. The molecule has 7 rings (SSSR count). The van der Waals surface area contributed by atoms with Gasteiger partial charge in [-0.15, -0.1) is 22.7 Å². The molecule has 3 heterocycles. The van der Waals surface area contributed by atoms with Crippen molar-refractivity contribution in [1.82, 2.24) is 4.98 Å². The number of thiophene rings is 2. The molecule has 0 fully saturated rings. The third-order valence-electron chi connectivity index (χ3n) is 5.60. The maximum Gasteiger partial charge on any atom is 0.0653 e. The summed E-state index contributed by atoms with van der Waals surface area (Å²) in [4.78, 5) is 3.74. The summed E-state index contributed by atoms with van der Waals surface area (Å²) in [6.45, 7) is 4.00. The first-order chi connectivity index (χ1) is 15.4. The number of benzene rings is 4. The van der Waals surface area contributed by atoms with Crippen LogP contribution in [0.5, 0.6) is 0 Å². The summed E-state index contributed by atoms with van der Waals surface area (Å²) in [5.74, 6) is 0. The van der Waals surface area contributed by atoms with Gasteiger partial charge in [-0.25, -0.2) is 0 Å². The van der Waals surface area contributed by atoms with Crippen LogP contribution < -0.4 is 0 Å². The monoisotopic (exact) mass is 457 g/mol. The fourth-order valence-electron chi connectivity index (χ4n) is 4.49. The first-order valence-corrected chi connectivity index (χ1v) is 13.0. The van der Waals surface area contributed by atoms with Gasteiger partial charge in [-0.1, -0.05) is 68.4 Å². The predicted molar refractivity (Wildman–Crippen MR) is 148 cm³/mol. The Bertz CT molecular complexity index is 1680. The van der Waals surface area contributed by atoms with E-state index in [1.807, 2.05) is 36.5 Å². The van der Waals surface area contributed by atoms with E-state index in [4.69, 9.17) is 0 Å². The van der Waals surface area contributed by atoms with Crippen LogP contribution in [0.4, 0.5) is 0 Å². The molecule has 0 aliphatic heterocycles. The minimum absolute atomic E-state index is 1.22. The number of rotatable bonds is 0. The minimum atomic E-state index is 1.22. The highest BCUT2D eigenvalue weighted by Crippen LogP contribution is 2.50. The van der Waals surface area contributed by atoms with E-state index in [0.29, 0.717) is 0 Å². The van der Waals surface area contributed by atoms with Crippen molar-refractivity contribution in [3.05, 3.63) is 72.8 Å². The molecule has 3 aromatic heterocycles. The van der Waals surface area contributed by atoms with Crippen molar-refractivity contribution in [2.45, 2.75) is 13.8 Å². The largest absolute Gasteiger partial charge is 0.353 e. The summed E-state index contributed by atoms with van der Waals surface area (Å²) in [7, 11) is 0. The lowest BCUT2D eigenvalue weighted by molar-refractivity contribution is 1.50. The Morgan fingerprint density at radius 2 is 1.10 bits per heavy atom. The van der Waals surface area contributed by atoms with Crippen LogP contribution in [0.2, 0.25) is 0 Å². The fourth-order valence-corrected chi connectivity index (χ4v) is 7.04. The molecule has 0 radical (unpaired) electrons. The standard InChI is InChI=1S/C24H13NS2.C2H6.CH4S/c1-4-10-16-13(7-1)19-20-14-8-2-5-11-17(14)26-23(20)21-15-9-3-6-12-18(15)27-24(21)22(19)25-16;2*1-2/h1-12,25H;1-2H3;2H,1H3. The van der Waals surface area contributed by atoms with E-state index in [2.05, 4.69) is 90.4 Å². The zero-order valence-electron chi connectivity index (χ0n) is 17.7. The van der Waals surface area contributed by atoms with E-state index < -0.39 is 0 Å². The van der Waals surface area contributed by atoms with Gasteiger partial charge < -0.3 is 4.98 Å². The number of thiol groups is 1. The van der Waals surface area contributed by atoms with Crippen LogP contribution in [-0.2, 0) is 0 Å². The fraction of sp³-hybridized carbons (Fsp3) is 0.111. The second-order valence-corrected chi connectivity index (χ2v) is 9.13. The maximum absolute atomic E-state index is 3.74. The van der Waals surface area contributed by atoms with Crippen LogP contribution in [0.1, 0.15) is 13.8 Å². The van der Waals surface area contributed by atoms with Crippen LogP contribution in [0.3, 0.4) is 0 Å². The number of fused-ring (bicyclic) bond motifs is 12. The van der Waals surface area contributed by atoms with Gasteiger partial charge in [0.1, 0.15) is 0 Å². The second kappa shape index (κ2) is 8.19. The average Bonchev–Trinajstić information content (AvgIpc) is 3.52. The third kappa shape index (κ3) is 2.89. The molecule has 0 unspecified atom stereocenters. The van der Waals surface area contributed by atoms with E-state index >= 15 is 0 Å². The zero-order valence-corrected chi connectivity index (χ0v) is 20.2. The summed E-state index contributed by atoms with van der Waals surface area (Å²) < 4.78 is 5.52. The van der Waals surface area contributed by atoms with Gasteiger partial charge in [0.05, 0.1) is 10.2 Å². The molecule has 0 saturated carbocycles. The van der Waals surface area contributed by atoms with Crippen molar-refractivity contribution in [2.24, 2.45) is 0 Å². The van der Waals surface area contributed by atoms with Gasteiger partial charge >= 0.3 is 0 Å². The van der Waals surface area contributed by atoms with Crippen LogP contribution in [-0.4, -0.2) is 11.2 Å². The molecule has 0 amide bonds. The van der Waals surface area contributed by atoms with Crippen LogP contribution in [0, 0.1) is 0 Å². The SMILES string of the molecule is CC.CS.c1ccc2c(c1)[nH]c1c3sc4ccccc4c3c3sc4ccccc4c3c21. The first kappa shape index (κ1) is 20.4. The van der Waals surface area contributed by atoms with Gasteiger partial charge in [-0.2, -0.15) is 12.6 Å². The first-order valence-electron chi connectivity index (χ1n) is 10.5. The molecule has 7 aromatic rings. The summed E-state index contributed by atoms with van der Waals surface area (Å²) in [6, 6.07) is 26.3. The summed E-state index contributed by atoms with van der Waals surface area (Å²) in [5.41, 5.74) is 2.50. The van der Waals surface area contributed by atoms with E-state index in [9.17, 15) is 0 Å². The van der Waals surface area contributed by atoms with Gasteiger partial charge in [0, 0.05) is 51.9 Å². The Morgan fingerprint density at radius 3 is 1.77 bits per heavy atom. The molecule has 154 valence electrons. The zero-order chi connectivity index (χ0) is 21.5. The van der Waals surface area contributed by atoms with Crippen molar-refractivity contribution in [3.8, 4) is 0 Å². The topological polar surface area (TPSA) is 15.8 Å². The summed E-state index contributed by atoms with van der Waals surface area (Å²) >= 11 is 7.36. The van der Waals surface area contributed by atoms with Gasteiger partial charge in [0.2, 0.25) is 0 Å². The summed E-state index contributed by atoms with van der Waals surface area (Å²) in [6.07, 6.45) is 1.69. The molecular weight excluding hydrogens is 435 g/mol. The van der Waals surface area contributed by atoms with Crippen LogP contribution in [0.15, 0.2) is 72.8 Å². The lowest BCUT2D eigenvalue weighted by Crippen LogP contribution is -1.74. The molecule has 1 N–H and O–H groups in total. The molecule has 4 heteroatoms. The number of para-hydroxylation sites is 1. The highest BCUT2D eigenvalue weighted by molar-refractivity contribution is 7.79. The Balaban J connectivity index is 0.000000485. The lowest BCUT2D eigenvalue weighted by atomic mass is 10.0. The molecule has 0 aliphatic carbocycles. The highest BCUT2D eigenvalue weighted by Gasteiger charge is 2.20.